The van der Waals surface area contributed by atoms with Crippen molar-refractivity contribution in [2.75, 3.05) is 19.7 Å². The highest BCUT2D eigenvalue weighted by Crippen LogP contribution is 2.19. The maximum Gasteiger partial charge on any atom is 0.260 e. The molecule has 2 amide bonds. The first kappa shape index (κ1) is 19.8. The minimum Gasteiger partial charge on any atom is -0.484 e. The molecule has 6 heteroatoms. The van der Waals surface area contributed by atoms with Crippen LogP contribution in [0.3, 0.4) is 0 Å². The summed E-state index contributed by atoms with van der Waals surface area (Å²) in [6.07, 6.45) is 1.36. The van der Waals surface area contributed by atoms with Gasteiger partial charge in [-0.05, 0) is 49.9 Å². The molecular formula is C20H27N3O3. The van der Waals surface area contributed by atoms with Gasteiger partial charge < -0.3 is 15.0 Å². The van der Waals surface area contributed by atoms with Gasteiger partial charge in [0.25, 0.3) is 5.91 Å². The molecule has 0 aromatic heterocycles. The van der Waals surface area contributed by atoms with Crippen molar-refractivity contribution in [2.24, 2.45) is 11.8 Å². The maximum atomic E-state index is 12.3. The largest absolute Gasteiger partial charge is 0.484 e. The van der Waals surface area contributed by atoms with Gasteiger partial charge in [-0.25, -0.2) is 0 Å². The fraction of sp³-hybridized carbons (Fsp3) is 0.550. The molecule has 1 aliphatic rings. The summed E-state index contributed by atoms with van der Waals surface area (Å²) in [6.45, 7) is 7.29. The number of nitriles is 1. The highest BCUT2D eigenvalue weighted by Gasteiger charge is 2.28. The summed E-state index contributed by atoms with van der Waals surface area (Å²) in [5.74, 6) is 0.949. The number of carbonyl (C=O) groups is 2. The first-order valence-corrected chi connectivity index (χ1v) is 9.11. The molecule has 0 radical (unpaired) electrons. The zero-order chi connectivity index (χ0) is 19.1. The molecule has 140 valence electrons. The number of piperidine rings is 1. The number of benzene rings is 1. The van der Waals surface area contributed by atoms with E-state index in [1.54, 1.807) is 29.2 Å². The molecule has 1 atom stereocenters. The fourth-order valence-corrected chi connectivity index (χ4v) is 2.76. The average Bonchev–Trinajstić information content (AvgIpc) is 2.66. The molecule has 2 rings (SSSR count). The van der Waals surface area contributed by atoms with Gasteiger partial charge in [0.05, 0.1) is 11.6 Å². The third-order valence-electron chi connectivity index (χ3n) is 4.93. The molecule has 1 fully saturated rings. The predicted octanol–water partition coefficient (Wildman–Crippen LogP) is 2.34. The average molecular weight is 357 g/mol. The Bertz CT molecular complexity index is 656. The third kappa shape index (κ3) is 5.48. The molecule has 1 aliphatic heterocycles. The summed E-state index contributed by atoms with van der Waals surface area (Å²) in [4.78, 5) is 26.3. The summed E-state index contributed by atoms with van der Waals surface area (Å²) in [5, 5.41) is 11.8. The van der Waals surface area contributed by atoms with E-state index in [2.05, 4.69) is 19.2 Å². The van der Waals surface area contributed by atoms with E-state index in [1.165, 1.54) is 0 Å². The number of rotatable bonds is 6. The van der Waals surface area contributed by atoms with Gasteiger partial charge in [-0.1, -0.05) is 13.8 Å². The van der Waals surface area contributed by atoms with Crippen molar-refractivity contribution < 1.29 is 14.3 Å². The predicted molar refractivity (Wildman–Crippen MR) is 98.4 cm³/mol. The SMILES string of the molecule is CC(C)C(C)NC(=O)C1CCN(C(=O)COc2ccc(C#N)cc2)CC1. The number of hydrogen-bond donors (Lipinski definition) is 1. The Morgan fingerprint density at radius 3 is 2.38 bits per heavy atom. The molecule has 1 saturated heterocycles. The van der Waals surface area contributed by atoms with Crippen molar-refractivity contribution in [3.05, 3.63) is 29.8 Å². The monoisotopic (exact) mass is 357 g/mol. The van der Waals surface area contributed by atoms with E-state index < -0.39 is 0 Å². The summed E-state index contributed by atoms with van der Waals surface area (Å²) in [5.41, 5.74) is 0.552. The van der Waals surface area contributed by atoms with E-state index in [0.717, 1.165) is 0 Å². The summed E-state index contributed by atoms with van der Waals surface area (Å²) >= 11 is 0. The van der Waals surface area contributed by atoms with Crippen LogP contribution in [0, 0.1) is 23.2 Å². The van der Waals surface area contributed by atoms with E-state index in [4.69, 9.17) is 10.00 Å². The Hall–Kier alpha value is -2.55. The van der Waals surface area contributed by atoms with Gasteiger partial charge in [0, 0.05) is 25.0 Å². The van der Waals surface area contributed by atoms with E-state index in [1.807, 2.05) is 13.0 Å². The number of nitrogens with one attached hydrogen (secondary N) is 1. The van der Waals surface area contributed by atoms with Crippen LogP contribution in [0.25, 0.3) is 0 Å². The van der Waals surface area contributed by atoms with E-state index in [-0.39, 0.29) is 30.4 Å². The second-order valence-electron chi connectivity index (χ2n) is 7.12. The fourth-order valence-electron chi connectivity index (χ4n) is 2.76. The highest BCUT2D eigenvalue weighted by atomic mass is 16.5. The van der Waals surface area contributed by atoms with Crippen LogP contribution in [-0.4, -0.2) is 42.5 Å². The Labute approximate surface area is 155 Å². The molecule has 1 aromatic carbocycles. The standard InChI is InChI=1S/C20H27N3O3/c1-14(2)15(3)22-20(25)17-8-10-23(11-9-17)19(24)13-26-18-6-4-16(12-21)5-7-18/h4-7,14-15,17H,8-11,13H2,1-3H3,(H,22,25). The van der Waals surface area contributed by atoms with Crippen LogP contribution >= 0.6 is 0 Å². The normalized spacial score (nSPS) is 16.0. The zero-order valence-corrected chi connectivity index (χ0v) is 15.7. The molecule has 6 nitrogen and oxygen atoms in total. The lowest BCUT2D eigenvalue weighted by Crippen LogP contribution is -2.46. The number of ether oxygens (including phenoxy) is 1. The molecule has 1 N–H and O–H groups in total. The van der Waals surface area contributed by atoms with Gasteiger partial charge in [0.15, 0.2) is 6.61 Å². The summed E-state index contributed by atoms with van der Waals surface area (Å²) < 4.78 is 5.49. The second-order valence-corrected chi connectivity index (χ2v) is 7.12. The number of nitrogens with zero attached hydrogens (tertiary/aromatic N) is 2. The van der Waals surface area contributed by atoms with Crippen LogP contribution in [0.5, 0.6) is 5.75 Å². The third-order valence-corrected chi connectivity index (χ3v) is 4.93. The van der Waals surface area contributed by atoms with E-state index >= 15 is 0 Å². The lowest BCUT2D eigenvalue weighted by Gasteiger charge is -2.32. The molecule has 1 heterocycles. The van der Waals surface area contributed by atoms with Crippen molar-refractivity contribution in [1.29, 1.82) is 5.26 Å². The van der Waals surface area contributed by atoms with Crippen molar-refractivity contribution >= 4 is 11.8 Å². The Kier molecular flexibility index (Phi) is 7.02. The van der Waals surface area contributed by atoms with Crippen LogP contribution < -0.4 is 10.1 Å². The molecule has 1 aromatic rings. The lowest BCUT2D eigenvalue weighted by molar-refractivity contribution is -0.137. The van der Waals surface area contributed by atoms with Crippen LogP contribution in [-0.2, 0) is 9.59 Å². The zero-order valence-electron chi connectivity index (χ0n) is 15.7. The van der Waals surface area contributed by atoms with Crippen molar-refractivity contribution in [3.63, 3.8) is 0 Å². The van der Waals surface area contributed by atoms with Gasteiger partial charge in [-0.2, -0.15) is 5.26 Å². The molecule has 0 spiro atoms. The Morgan fingerprint density at radius 1 is 1.23 bits per heavy atom. The van der Waals surface area contributed by atoms with Crippen molar-refractivity contribution in [3.8, 4) is 11.8 Å². The van der Waals surface area contributed by atoms with E-state index in [0.29, 0.717) is 43.2 Å². The summed E-state index contributed by atoms with van der Waals surface area (Å²) in [7, 11) is 0. The quantitative estimate of drug-likeness (QED) is 0.847. The van der Waals surface area contributed by atoms with Gasteiger partial charge >= 0.3 is 0 Å². The summed E-state index contributed by atoms with van der Waals surface area (Å²) in [6, 6.07) is 8.86. The first-order valence-electron chi connectivity index (χ1n) is 9.11. The highest BCUT2D eigenvalue weighted by molar-refractivity contribution is 5.80. The second kappa shape index (κ2) is 9.23. The first-order chi connectivity index (χ1) is 12.4. The minimum atomic E-state index is -0.0798. The lowest BCUT2D eigenvalue weighted by atomic mass is 9.95. The maximum absolute atomic E-state index is 12.3. The van der Waals surface area contributed by atoms with Crippen LogP contribution in [0.1, 0.15) is 39.2 Å². The molecular weight excluding hydrogens is 330 g/mol. The number of hydrogen-bond acceptors (Lipinski definition) is 4. The van der Waals surface area contributed by atoms with Gasteiger partial charge in [-0.3, -0.25) is 9.59 Å². The topological polar surface area (TPSA) is 82.4 Å². The van der Waals surface area contributed by atoms with Crippen molar-refractivity contribution in [2.45, 2.75) is 39.7 Å². The molecule has 0 aliphatic carbocycles. The van der Waals surface area contributed by atoms with Crippen LogP contribution in [0.2, 0.25) is 0 Å². The smallest absolute Gasteiger partial charge is 0.260 e. The molecule has 0 saturated carbocycles. The molecule has 0 bridgehead atoms. The van der Waals surface area contributed by atoms with E-state index in [9.17, 15) is 9.59 Å². The Balaban J connectivity index is 1.75. The number of amides is 2. The number of likely N-dealkylation sites (tertiary alicyclic amines) is 1. The van der Waals surface area contributed by atoms with Crippen LogP contribution in [0.15, 0.2) is 24.3 Å². The molecule has 1 unspecified atom stereocenters. The van der Waals surface area contributed by atoms with Gasteiger partial charge in [-0.15, -0.1) is 0 Å². The minimum absolute atomic E-state index is 0.0281. The van der Waals surface area contributed by atoms with Gasteiger partial charge in [0.1, 0.15) is 5.75 Å². The number of carbonyl (C=O) groups excluding carboxylic acids is 2. The van der Waals surface area contributed by atoms with Crippen LogP contribution in [0.4, 0.5) is 0 Å². The molecule has 26 heavy (non-hydrogen) atoms. The van der Waals surface area contributed by atoms with Gasteiger partial charge in [0.2, 0.25) is 5.91 Å². The van der Waals surface area contributed by atoms with Crippen molar-refractivity contribution in [1.82, 2.24) is 10.2 Å². The Morgan fingerprint density at radius 2 is 1.85 bits per heavy atom.